The highest BCUT2D eigenvalue weighted by molar-refractivity contribution is 5.99. The fourth-order valence-corrected chi connectivity index (χ4v) is 2.38. The minimum Gasteiger partial charge on any atom is -0.481 e. The monoisotopic (exact) mass is 379 g/mol. The fourth-order valence-electron chi connectivity index (χ4n) is 2.38. The van der Waals surface area contributed by atoms with Crippen molar-refractivity contribution < 1.29 is 23.4 Å². The number of benzene rings is 1. The molecule has 0 bridgehead atoms. The van der Waals surface area contributed by atoms with Crippen LogP contribution in [0.25, 0.3) is 0 Å². The van der Waals surface area contributed by atoms with Crippen LogP contribution in [0.1, 0.15) is 29.8 Å². The van der Waals surface area contributed by atoms with Gasteiger partial charge in [-0.05, 0) is 24.6 Å². The molecule has 0 aliphatic heterocycles. The van der Waals surface area contributed by atoms with Gasteiger partial charge >= 0.3 is 6.03 Å². The molecule has 10 heteroatoms. The number of aliphatic hydroxyl groups excluding tert-OH is 1. The standard InChI is InChI=1S/C17H19F2N5O3/c1-8(9-3-4-10(18)11(19)5-9)22-17(26)24-14-6-12(20)15(16(21)27-2)13(7-25)23-14/h3-6,8,21,25H,7H2,1-2H3,(H4,20,22,23,24,26). The van der Waals surface area contributed by atoms with Crippen LogP contribution in [0.3, 0.4) is 0 Å². The molecule has 8 nitrogen and oxygen atoms in total. The van der Waals surface area contributed by atoms with Gasteiger partial charge in [0.15, 0.2) is 11.6 Å². The Morgan fingerprint density at radius 3 is 2.67 bits per heavy atom. The lowest BCUT2D eigenvalue weighted by Crippen LogP contribution is -2.31. The van der Waals surface area contributed by atoms with Gasteiger partial charge in [-0.2, -0.15) is 0 Å². The molecular weight excluding hydrogens is 360 g/mol. The molecule has 1 atom stereocenters. The summed E-state index contributed by atoms with van der Waals surface area (Å²) >= 11 is 0. The lowest BCUT2D eigenvalue weighted by atomic mass is 10.1. The number of aliphatic hydroxyl groups is 1. The lowest BCUT2D eigenvalue weighted by molar-refractivity contribution is 0.249. The predicted molar refractivity (Wildman–Crippen MR) is 95.3 cm³/mol. The number of hydrogen-bond donors (Lipinski definition) is 5. The molecule has 1 aromatic carbocycles. The van der Waals surface area contributed by atoms with E-state index in [2.05, 4.69) is 15.6 Å². The Morgan fingerprint density at radius 1 is 1.37 bits per heavy atom. The molecule has 0 saturated carbocycles. The lowest BCUT2D eigenvalue weighted by Gasteiger charge is -2.16. The van der Waals surface area contributed by atoms with Gasteiger partial charge in [0.05, 0.1) is 31.0 Å². The zero-order valence-electron chi connectivity index (χ0n) is 14.6. The van der Waals surface area contributed by atoms with Crippen molar-refractivity contribution in [3.05, 3.63) is 52.7 Å². The van der Waals surface area contributed by atoms with E-state index in [0.29, 0.717) is 5.56 Å². The van der Waals surface area contributed by atoms with Crippen LogP contribution in [0.5, 0.6) is 0 Å². The molecule has 0 fully saturated rings. The van der Waals surface area contributed by atoms with Crippen molar-refractivity contribution in [2.24, 2.45) is 0 Å². The zero-order valence-corrected chi connectivity index (χ0v) is 14.6. The Kier molecular flexibility index (Phi) is 6.24. The number of nitrogens with one attached hydrogen (secondary N) is 3. The van der Waals surface area contributed by atoms with Crippen LogP contribution in [0, 0.1) is 17.0 Å². The smallest absolute Gasteiger partial charge is 0.320 e. The van der Waals surface area contributed by atoms with Gasteiger partial charge < -0.3 is 20.9 Å². The minimum atomic E-state index is -1.01. The van der Waals surface area contributed by atoms with Crippen LogP contribution < -0.4 is 16.4 Å². The number of carbonyl (C=O) groups is 1. The number of pyridine rings is 1. The number of urea groups is 1. The molecule has 0 aliphatic carbocycles. The van der Waals surface area contributed by atoms with Crippen LogP contribution in [-0.4, -0.2) is 29.1 Å². The SMILES string of the molecule is COC(=N)c1c(N)cc(NC(=O)NC(C)c2ccc(F)c(F)c2)nc1CO. The average Bonchev–Trinajstić information content (AvgIpc) is 2.62. The van der Waals surface area contributed by atoms with Crippen molar-refractivity contribution in [1.82, 2.24) is 10.3 Å². The van der Waals surface area contributed by atoms with E-state index in [9.17, 15) is 18.7 Å². The van der Waals surface area contributed by atoms with Crippen LogP contribution in [0.15, 0.2) is 24.3 Å². The largest absolute Gasteiger partial charge is 0.481 e. The number of nitrogens with two attached hydrogens (primary N) is 1. The number of methoxy groups -OCH3 is 1. The Bertz CT molecular complexity index is 876. The van der Waals surface area contributed by atoms with Gasteiger partial charge in [-0.15, -0.1) is 0 Å². The number of ether oxygens (including phenoxy) is 1. The van der Waals surface area contributed by atoms with Gasteiger partial charge in [-0.3, -0.25) is 10.7 Å². The van der Waals surface area contributed by atoms with Gasteiger partial charge in [0.2, 0.25) is 5.90 Å². The number of nitrogens with zero attached hydrogens (tertiary/aromatic N) is 1. The summed E-state index contributed by atoms with van der Waals surface area (Å²) in [6, 6.07) is 3.34. The summed E-state index contributed by atoms with van der Waals surface area (Å²) in [6.45, 7) is 1.07. The van der Waals surface area contributed by atoms with Crippen molar-refractivity contribution in [2.75, 3.05) is 18.2 Å². The topological polar surface area (TPSA) is 133 Å². The van der Waals surface area contributed by atoms with Gasteiger partial charge in [-0.1, -0.05) is 6.07 Å². The van der Waals surface area contributed by atoms with E-state index in [-0.39, 0.29) is 28.7 Å². The second-order valence-corrected chi connectivity index (χ2v) is 5.60. The third-order valence-electron chi connectivity index (χ3n) is 3.74. The number of halogens is 2. The number of nitrogen functional groups attached to an aromatic ring is 1. The molecular formula is C17H19F2N5O3. The first-order valence-electron chi connectivity index (χ1n) is 7.82. The second kappa shape index (κ2) is 8.41. The van der Waals surface area contributed by atoms with Crippen LogP contribution in [-0.2, 0) is 11.3 Å². The van der Waals surface area contributed by atoms with E-state index >= 15 is 0 Å². The first-order chi connectivity index (χ1) is 12.8. The highest BCUT2D eigenvalue weighted by Crippen LogP contribution is 2.21. The molecule has 0 radical (unpaired) electrons. The third kappa shape index (κ3) is 4.67. The highest BCUT2D eigenvalue weighted by atomic mass is 19.2. The maximum absolute atomic E-state index is 13.3. The predicted octanol–water partition coefficient (Wildman–Crippen LogP) is 2.29. The molecule has 2 aromatic rings. The molecule has 2 rings (SSSR count). The molecule has 0 aliphatic rings. The number of aromatic nitrogens is 1. The van der Waals surface area contributed by atoms with E-state index in [1.165, 1.54) is 19.2 Å². The molecule has 27 heavy (non-hydrogen) atoms. The van der Waals surface area contributed by atoms with Crippen molar-refractivity contribution >= 4 is 23.4 Å². The van der Waals surface area contributed by atoms with E-state index in [4.69, 9.17) is 15.9 Å². The van der Waals surface area contributed by atoms with Crippen LogP contribution in [0.2, 0.25) is 0 Å². The maximum atomic E-state index is 13.3. The quantitative estimate of drug-likeness (QED) is 0.401. The first-order valence-corrected chi connectivity index (χ1v) is 7.82. The number of amides is 2. The molecule has 0 spiro atoms. The summed E-state index contributed by atoms with van der Waals surface area (Å²) in [6.07, 6.45) is 0. The van der Waals surface area contributed by atoms with Gasteiger partial charge in [0.25, 0.3) is 0 Å². The van der Waals surface area contributed by atoms with Crippen molar-refractivity contribution in [3.8, 4) is 0 Å². The van der Waals surface area contributed by atoms with E-state index in [1.807, 2.05) is 0 Å². The van der Waals surface area contributed by atoms with Crippen LogP contribution in [0.4, 0.5) is 25.1 Å². The first kappa shape index (κ1) is 20.0. The average molecular weight is 379 g/mol. The minimum absolute atomic E-state index is 0.0409. The van der Waals surface area contributed by atoms with Crippen molar-refractivity contribution in [2.45, 2.75) is 19.6 Å². The summed E-state index contributed by atoms with van der Waals surface area (Å²) in [5.41, 5.74) is 6.50. The van der Waals surface area contributed by atoms with E-state index in [0.717, 1.165) is 12.1 Å². The number of rotatable bonds is 5. The summed E-state index contributed by atoms with van der Waals surface area (Å²) in [7, 11) is 1.28. The zero-order chi connectivity index (χ0) is 20.1. The molecule has 6 N–H and O–H groups in total. The van der Waals surface area contributed by atoms with Crippen molar-refractivity contribution in [3.63, 3.8) is 0 Å². The van der Waals surface area contributed by atoms with Gasteiger partial charge in [0, 0.05) is 11.8 Å². The Hall–Kier alpha value is -3.27. The van der Waals surface area contributed by atoms with Gasteiger partial charge in [-0.25, -0.2) is 18.6 Å². The molecule has 1 aromatic heterocycles. The number of hydrogen-bond acceptors (Lipinski definition) is 6. The molecule has 2 amide bonds. The maximum Gasteiger partial charge on any atom is 0.320 e. The summed E-state index contributed by atoms with van der Waals surface area (Å²) < 4.78 is 31.1. The Morgan fingerprint density at radius 2 is 2.07 bits per heavy atom. The summed E-state index contributed by atoms with van der Waals surface area (Å²) in [5, 5.41) is 22.1. The Balaban J connectivity index is 2.14. The molecule has 1 unspecified atom stereocenters. The molecule has 144 valence electrons. The van der Waals surface area contributed by atoms with Crippen molar-refractivity contribution in [1.29, 1.82) is 5.41 Å². The fraction of sp³-hybridized carbons (Fsp3) is 0.235. The Labute approximate surface area is 153 Å². The van der Waals surface area contributed by atoms with Crippen LogP contribution >= 0.6 is 0 Å². The highest BCUT2D eigenvalue weighted by Gasteiger charge is 2.17. The van der Waals surface area contributed by atoms with E-state index in [1.54, 1.807) is 6.92 Å². The number of anilines is 2. The summed E-state index contributed by atoms with van der Waals surface area (Å²) in [4.78, 5) is 16.2. The summed E-state index contributed by atoms with van der Waals surface area (Å²) in [5.74, 6) is -2.22. The van der Waals surface area contributed by atoms with E-state index < -0.39 is 30.3 Å². The third-order valence-corrected chi connectivity index (χ3v) is 3.74. The van der Waals surface area contributed by atoms with Gasteiger partial charge in [0.1, 0.15) is 5.82 Å². The molecule has 0 saturated heterocycles. The normalized spacial score (nSPS) is 11.6. The number of carbonyl (C=O) groups excluding carboxylic acids is 1. The molecule has 1 heterocycles. The second-order valence-electron chi connectivity index (χ2n) is 5.60.